The number of carboxylic acid groups (broad SMARTS) is 1. The van der Waals surface area contributed by atoms with Crippen molar-refractivity contribution >= 4 is 19.6 Å². The molecule has 0 spiro atoms. The number of benzene rings is 1. The Hall–Kier alpha value is -3.12. The number of aliphatic hydroxyl groups is 1. The van der Waals surface area contributed by atoms with Gasteiger partial charge in [0.1, 0.15) is 29.7 Å². The van der Waals surface area contributed by atoms with Gasteiger partial charge in [-0.25, -0.2) is 9.48 Å². The largest absolute Gasteiger partial charge is 0.538 e. The van der Waals surface area contributed by atoms with Gasteiger partial charge in [-0.3, -0.25) is 4.79 Å². The van der Waals surface area contributed by atoms with Crippen LogP contribution in [0.15, 0.2) is 18.3 Å². The van der Waals surface area contributed by atoms with Gasteiger partial charge >= 0.3 is 13.7 Å². The second-order valence-electron chi connectivity index (χ2n) is 6.78. The van der Waals surface area contributed by atoms with Crippen molar-refractivity contribution in [1.29, 1.82) is 0 Å². The Labute approximate surface area is 173 Å². The van der Waals surface area contributed by atoms with Gasteiger partial charge in [-0.1, -0.05) is 18.2 Å². The molecule has 1 aliphatic rings. The number of carboxylic acids is 1. The van der Waals surface area contributed by atoms with E-state index in [0.29, 0.717) is 37.2 Å². The Morgan fingerprint density at radius 3 is 2.73 bits per heavy atom. The number of aliphatic hydroxyl groups excluding tert-OH is 1. The Kier molecular flexibility index (Phi) is 6.90. The van der Waals surface area contributed by atoms with Crippen LogP contribution in [0.5, 0.6) is 11.5 Å². The van der Waals surface area contributed by atoms with Gasteiger partial charge < -0.3 is 29.5 Å². The van der Waals surface area contributed by atoms with Gasteiger partial charge in [0.2, 0.25) is 5.91 Å². The summed E-state index contributed by atoms with van der Waals surface area (Å²) in [4.78, 5) is 25.7. The second kappa shape index (κ2) is 9.59. The average Bonchev–Trinajstić information content (AvgIpc) is 3.11. The highest BCUT2D eigenvalue weighted by atomic mass is 16.5. The molecule has 3 rings (SSSR count). The third-order valence-electron chi connectivity index (χ3n) is 4.75. The minimum absolute atomic E-state index is 0.0191. The third kappa shape index (κ3) is 4.71. The van der Waals surface area contributed by atoms with Gasteiger partial charge in [0, 0.05) is 19.2 Å². The first-order valence-corrected chi connectivity index (χ1v) is 9.53. The minimum Gasteiger partial charge on any atom is -0.538 e. The number of carbonyl (C=O) groups excluding carboxylic acids is 1. The number of carbonyl (C=O) groups is 2. The number of rotatable bonds is 10. The van der Waals surface area contributed by atoms with Crippen molar-refractivity contribution in [2.24, 2.45) is 0 Å². The Morgan fingerprint density at radius 2 is 2.10 bits per heavy atom. The smallest absolute Gasteiger partial charge is 0.504 e. The zero-order valence-corrected chi connectivity index (χ0v) is 16.5. The van der Waals surface area contributed by atoms with Crippen LogP contribution in [-0.2, 0) is 24.2 Å². The fourth-order valence-corrected chi connectivity index (χ4v) is 3.20. The fourth-order valence-electron chi connectivity index (χ4n) is 3.20. The molecule has 0 aliphatic carbocycles. The predicted molar refractivity (Wildman–Crippen MR) is 105 cm³/mol. The van der Waals surface area contributed by atoms with Gasteiger partial charge in [-0.05, 0) is 18.1 Å². The van der Waals surface area contributed by atoms with Crippen molar-refractivity contribution in [3.05, 3.63) is 35.2 Å². The molecule has 0 atom stereocenters. The lowest BCUT2D eigenvalue weighted by Gasteiger charge is -2.39. The second-order valence-corrected chi connectivity index (χ2v) is 6.78. The molecule has 1 fully saturated rings. The number of likely N-dealkylation sites (tertiary alicyclic amines) is 1. The van der Waals surface area contributed by atoms with Crippen LogP contribution in [0.4, 0.5) is 0 Å². The minimum atomic E-state index is -1.22. The first-order chi connectivity index (χ1) is 14.5. The quantitative estimate of drug-likeness (QED) is 0.414. The molecule has 1 aromatic heterocycles. The third-order valence-corrected chi connectivity index (χ3v) is 4.75. The number of ether oxygens (including phenoxy) is 1. The van der Waals surface area contributed by atoms with E-state index in [1.54, 1.807) is 23.2 Å². The van der Waals surface area contributed by atoms with E-state index in [1.807, 2.05) is 6.92 Å². The highest BCUT2D eigenvalue weighted by Gasteiger charge is 2.34. The molecule has 1 aromatic carbocycles. The molecule has 1 amide bonds. The van der Waals surface area contributed by atoms with Crippen LogP contribution in [0.3, 0.4) is 0 Å². The number of amides is 1. The zero-order valence-electron chi connectivity index (χ0n) is 16.5. The fraction of sp³-hybridized carbons (Fsp3) is 0.444. The topological polar surface area (TPSA) is 147 Å². The van der Waals surface area contributed by atoms with Crippen LogP contribution in [0.25, 0.3) is 0 Å². The number of aromatic nitrogens is 3. The molecular weight excluding hydrogens is 395 g/mol. The van der Waals surface area contributed by atoms with E-state index in [-0.39, 0.29) is 42.2 Å². The van der Waals surface area contributed by atoms with E-state index < -0.39 is 13.7 Å². The average molecular weight is 418 g/mol. The summed E-state index contributed by atoms with van der Waals surface area (Å²) in [7, 11) is -0.648. The van der Waals surface area contributed by atoms with Gasteiger partial charge in [-0.15, -0.1) is 5.10 Å². The molecule has 160 valence electrons. The highest BCUT2D eigenvalue weighted by Crippen LogP contribution is 2.34. The highest BCUT2D eigenvalue weighted by molar-refractivity contribution is 6.18. The molecule has 2 heterocycles. The van der Waals surface area contributed by atoms with Crippen LogP contribution >= 0.6 is 0 Å². The predicted octanol–water partition coefficient (Wildman–Crippen LogP) is -0.999. The lowest BCUT2D eigenvalue weighted by atomic mass is 10.0. The maximum Gasteiger partial charge on any atom is 0.504 e. The summed E-state index contributed by atoms with van der Waals surface area (Å²) in [5, 5.41) is 35.3. The summed E-state index contributed by atoms with van der Waals surface area (Å²) in [6.45, 7) is 2.44. The van der Waals surface area contributed by atoms with Crippen molar-refractivity contribution in [1.82, 2.24) is 19.9 Å². The Balaban J connectivity index is 1.61. The molecule has 1 aliphatic heterocycles. The van der Waals surface area contributed by atoms with Gasteiger partial charge in [0.05, 0.1) is 18.8 Å². The van der Waals surface area contributed by atoms with Gasteiger partial charge in [0.25, 0.3) is 0 Å². The lowest BCUT2D eigenvalue weighted by Crippen LogP contribution is -2.57. The summed E-state index contributed by atoms with van der Waals surface area (Å²) in [5.74, 6) is -1.17. The van der Waals surface area contributed by atoms with Crippen LogP contribution in [0.2, 0.25) is 0 Å². The van der Waals surface area contributed by atoms with Crippen molar-refractivity contribution in [2.45, 2.75) is 32.4 Å². The summed E-state index contributed by atoms with van der Waals surface area (Å²) in [5.41, 5.74) is 1.10. The van der Waals surface area contributed by atoms with Crippen LogP contribution in [0, 0.1) is 0 Å². The normalized spacial score (nSPS) is 13.6. The van der Waals surface area contributed by atoms with Crippen molar-refractivity contribution in [3.63, 3.8) is 0 Å². The molecule has 3 N–H and O–H groups in total. The molecule has 11 nitrogen and oxygen atoms in total. The molecule has 1 saturated heterocycles. The summed E-state index contributed by atoms with van der Waals surface area (Å²) >= 11 is 0. The number of hydrogen-bond donors (Lipinski definition) is 3. The van der Waals surface area contributed by atoms with E-state index in [4.69, 9.17) is 19.5 Å². The van der Waals surface area contributed by atoms with Crippen molar-refractivity contribution < 1.29 is 34.2 Å². The van der Waals surface area contributed by atoms with E-state index >= 15 is 0 Å². The number of aryl methyl sites for hydroxylation is 1. The maximum atomic E-state index is 12.3. The van der Waals surface area contributed by atoms with Gasteiger partial charge in [0.15, 0.2) is 0 Å². The zero-order chi connectivity index (χ0) is 21.7. The number of hydrogen-bond acceptors (Lipinski definition) is 8. The Morgan fingerprint density at radius 1 is 1.33 bits per heavy atom. The molecule has 0 saturated carbocycles. The summed E-state index contributed by atoms with van der Waals surface area (Å²) in [6, 6.07) is 3.26. The monoisotopic (exact) mass is 418 g/mol. The summed E-state index contributed by atoms with van der Waals surface area (Å²) in [6.07, 6.45) is 2.16. The SMILES string of the molecule is CCc1ccc(OC2CN(C(=O)Cn3cc(CCO)nn3)C2)c(C(=O)O)c1OBO. The van der Waals surface area contributed by atoms with Crippen molar-refractivity contribution in [3.8, 4) is 11.5 Å². The molecule has 12 heteroatoms. The van der Waals surface area contributed by atoms with Crippen LogP contribution in [-0.4, -0.2) is 80.5 Å². The van der Waals surface area contributed by atoms with E-state index in [9.17, 15) is 14.7 Å². The van der Waals surface area contributed by atoms with Crippen LogP contribution in [0.1, 0.15) is 28.5 Å². The van der Waals surface area contributed by atoms with Gasteiger partial charge in [-0.2, -0.15) is 0 Å². The van der Waals surface area contributed by atoms with Crippen LogP contribution < -0.4 is 9.39 Å². The summed E-state index contributed by atoms with van der Waals surface area (Å²) < 4.78 is 12.3. The first kappa shape index (κ1) is 21.6. The van der Waals surface area contributed by atoms with E-state index in [1.165, 1.54) is 4.68 Å². The maximum absolute atomic E-state index is 12.3. The van der Waals surface area contributed by atoms with Crippen molar-refractivity contribution in [2.75, 3.05) is 19.7 Å². The molecular formula is C18H23BN4O7. The number of nitrogens with zero attached hydrogens (tertiary/aromatic N) is 4. The standard InChI is InChI=1S/C18H23BN4O7/c1-2-11-3-4-14(16(18(26)27)17(11)30-19-28)29-13-8-22(9-13)15(25)10-23-7-12(5-6-24)20-21-23/h3-4,7,13,19,24,28H,2,5-6,8-10H2,1H3,(H,26,27). The van der Waals surface area contributed by atoms with E-state index in [0.717, 1.165) is 0 Å². The van der Waals surface area contributed by atoms with E-state index in [2.05, 4.69) is 10.3 Å². The molecule has 0 unspecified atom stereocenters. The molecule has 0 bridgehead atoms. The molecule has 0 radical (unpaired) electrons. The lowest BCUT2D eigenvalue weighted by molar-refractivity contribution is -0.140. The number of aromatic carboxylic acids is 1. The molecule has 2 aromatic rings. The Bertz CT molecular complexity index is 914. The first-order valence-electron chi connectivity index (χ1n) is 9.53. The molecule has 30 heavy (non-hydrogen) atoms.